The molecule has 3 nitrogen and oxygen atoms in total. The summed E-state index contributed by atoms with van der Waals surface area (Å²) in [5.41, 5.74) is 1.99. The minimum atomic E-state index is 0.796. The Morgan fingerprint density at radius 2 is 2.00 bits per heavy atom. The minimum Gasteiger partial charge on any atom is -0.311 e. The average molecular weight is 370 g/mol. The number of hydrogen-bond acceptors (Lipinski definition) is 2. The summed E-state index contributed by atoms with van der Waals surface area (Å²) in [6, 6.07) is 0. The van der Waals surface area contributed by atoms with Crippen molar-refractivity contribution < 1.29 is 0 Å². The summed E-state index contributed by atoms with van der Waals surface area (Å²) >= 11 is 8.60. The highest BCUT2D eigenvalue weighted by molar-refractivity contribution is 14.1. The lowest BCUT2D eigenvalue weighted by molar-refractivity contribution is 0.578. The van der Waals surface area contributed by atoms with E-state index in [1.165, 1.54) is 30.1 Å². The number of aryl methyl sites for hydroxylation is 2. The van der Waals surface area contributed by atoms with Crippen molar-refractivity contribution in [2.75, 3.05) is 11.0 Å². The number of aromatic nitrogens is 2. The third kappa shape index (κ3) is 5.14. The van der Waals surface area contributed by atoms with Crippen LogP contribution in [0.4, 0.5) is 0 Å². The quantitative estimate of drug-likeness (QED) is 0.432. The van der Waals surface area contributed by atoms with Crippen molar-refractivity contribution in [2.45, 2.75) is 39.2 Å². The summed E-state index contributed by atoms with van der Waals surface area (Å²) in [6.07, 6.45) is 5.24. The van der Waals surface area contributed by atoms with Crippen molar-refractivity contribution in [3.8, 4) is 0 Å². The Kier molecular flexibility index (Phi) is 7.46. The summed E-state index contributed by atoms with van der Waals surface area (Å²) in [5.74, 6) is 0. The van der Waals surface area contributed by atoms with E-state index in [1.807, 2.05) is 18.7 Å². The standard InChI is InChI=1S/C12H21ClIN3/c1-10-12(13)11(17(2)16-10)9-15-8-6-4-3-5-7-14/h15H,3-9H2,1-2H3. The monoisotopic (exact) mass is 369 g/mol. The van der Waals surface area contributed by atoms with Crippen LogP contribution in [0.3, 0.4) is 0 Å². The van der Waals surface area contributed by atoms with Crippen molar-refractivity contribution >= 4 is 34.2 Å². The molecule has 17 heavy (non-hydrogen) atoms. The van der Waals surface area contributed by atoms with Gasteiger partial charge in [-0.2, -0.15) is 5.10 Å². The fourth-order valence-electron chi connectivity index (χ4n) is 1.78. The Morgan fingerprint density at radius 3 is 2.59 bits per heavy atom. The van der Waals surface area contributed by atoms with Crippen LogP contribution in [0.25, 0.3) is 0 Å². The molecule has 0 fully saturated rings. The molecule has 1 rings (SSSR count). The zero-order valence-electron chi connectivity index (χ0n) is 10.6. The van der Waals surface area contributed by atoms with Crippen LogP contribution in [0, 0.1) is 6.92 Å². The van der Waals surface area contributed by atoms with Gasteiger partial charge >= 0.3 is 0 Å². The lowest BCUT2D eigenvalue weighted by Gasteiger charge is -2.05. The second-order valence-corrected chi connectivity index (χ2v) is 5.71. The molecule has 0 aliphatic heterocycles. The first kappa shape index (κ1) is 15.2. The Balaban J connectivity index is 2.18. The van der Waals surface area contributed by atoms with Crippen molar-refractivity contribution in [3.05, 3.63) is 16.4 Å². The van der Waals surface area contributed by atoms with Gasteiger partial charge in [-0.1, -0.05) is 47.0 Å². The van der Waals surface area contributed by atoms with Gasteiger partial charge in [-0.25, -0.2) is 0 Å². The lowest BCUT2D eigenvalue weighted by atomic mass is 10.2. The second kappa shape index (κ2) is 8.32. The van der Waals surface area contributed by atoms with Gasteiger partial charge < -0.3 is 5.32 Å². The van der Waals surface area contributed by atoms with E-state index < -0.39 is 0 Å². The highest BCUT2D eigenvalue weighted by atomic mass is 127. The smallest absolute Gasteiger partial charge is 0.0860 e. The first-order valence-corrected chi connectivity index (χ1v) is 8.01. The molecule has 0 amide bonds. The second-order valence-electron chi connectivity index (χ2n) is 4.25. The maximum Gasteiger partial charge on any atom is 0.0860 e. The normalized spacial score (nSPS) is 11.1. The fraction of sp³-hybridized carbons (Fsp3) is 0.750. The van der Waals surface area contributed by atoms with Gasteiger partial charge in [-0.3, -0.25) is 4.68 Å². The lowest BCUT2D eigenvalue weighted by Crippen LogP contribution is -2.17. The van der Waals surface area contributed by atoms with Crippen molar-refractivity contribution in [2.24, 2.45) is 7.05 Å². The van der Waals surface area contributed by atoms with E-state index in [0.29, 0.717) is 0 Å². The maximum atomic E-state index is 6.17. The van der Waals surface area contributed by atoms with Crippen LogP contribution in [0.2, 0.25) is 5.02 Å². The predicted octanol–water partition coefficient (Wildman–Crippen LogP) is 3.47. The van der Waals surface area contributed by atoms with E-state index in [0.717, 1.165) is 29.5 Å². The summed E-state index contributed by atoms with van der Waals surface area (Å²) in [7, 11) is 1.94. The van der Waals surface area contributed by atoms with Gasteiger partial charge in [0.15, 0.2) is 0 Å². The molecule has 98 valence electrons. The van der Waals surface area contributed by atoms with Crippen LogP contribution in [0.15, 0.2) is 0 Å². The SMILES string of the molecule is Cc1nn(C)c(CNCCCCCCI)c1Cl. The highest BCUT2D eigenvalue weighted by Crippen LogP contribution is 2.18. The van der Waals surface area contributed by atoms with Gasteiger partial charge in [0.2, 0.25) is 0 Å². The number of halogens is 2. The van der Waals surface area contributed by atoms with Crippen LogP contribution in [0.5, 0.6) is 0 Å². The zero-order chi connectivity index (χ0) is 12.7. The van der Waals surface area contributed by atoms with E-state index in [9.17, 15) is 0 Å². The molecule has 0 spiro atoms. The molecule has 0 aliphatic rings. The van der Waals surface area contributed by atoms with E-state index >= 15 is 0 Å². The minimum absolute atomic E-state index is 0.796. The number of nitrogens with one attached hydrogen (secondary N) is 1. The van der Waals surface area contributed by atoms with Gasteiger partial charge in [0, 0.05) is 13.6 Å². The average Bonchev–Trinajstić information content (AvgIpc) is 2.54. The predicted molar refractivity (Wildman–Crippen MR) is 82.0 cm³/mol. The Morgan fingerprint density at radius 1 is 1.29 bits per heavy atom. The van der Waals surface area contributed by atoms with Crippen LogP contribution in [-0.2, 0) is 13.6 Å². The molecule has 0 saturated heterocycles. The molecule has 1 N–H and O–H groups in total. The summed E-state index contributed by atoms with van der Waals surface area (Å²) in [6.45, 7) is 3.81. The third-order valence-corrected chi connectivity index (χ3v) is 4.05. The van der Waals surface area contributed by atoms with Gasteiger partial charge in [0.25, 0.3) is 0 Å². The molecular formula is C12H21ClIN3. The largest absolute Gasteiger partial charge is 0.311 e. The number of rotatable bonds is 8. The van der Waals surface area contributed by atoms with E-state index in [4.69, 9.17) is 11.6 Å². The van der Waals surface area contributed by atoms with E-state index in [1.54, 1.807) is 0 Å². The zero-order valence-corrected chi connectivity index (χ0v) is 13.5. The molecule has 0 radical (unpaired) electrons. The van der Waals surface area contributed by atoms with Crippen LogP contribution >= 0.6 is 34.2 Å². The molecule has 1 heterocycles. The van der Waals surface area contributed by atoms with Gasteiger partial charge in [0.1, 0.15) is 0 Å². The number of nitrogens with zero attached hydrogens (tertiary/aromatic N) is 2. The topological polar surface area (TPSA) is 29.9 Å². The number of alkyl halides is 1. The molecule has 0 atom stereocenters. The van der Waals surface area contributed by atoms with E-state index in [2.05, 4.69) is 33.0 Å². The fourth-order valence-corrected chi connectivity index (χ4v) is 2.54. The molecule has 5 heteroatoms. The first-order valence-electron chi connectivity index (χ1n) is 6.11. The van der Waals surface area contributed by atoms with Crippen molar-refractivity contribution in [3.63, 3.8) is 0 Å². The summed E-state index contributed by atoms with van der Waals surface area (Å²) in [5, 5.41) is 8.52. The third-order valence-electron chi connectivity index (χ3n) is 2.79. The molecule has 0 saturated carbocycles. The van der Waals surface area contributed by atoms with Crippen molar-refractivity contribution in [1.29, 1.82) is 0 Å². The van der Waals surface area contributed by atoms with E-state index in [-0.39, 0.29) is 0 Å². The molecular weight excluding hydrogens is 349 g/mol. The highest BCUT2D eigenvalue weighted by Gasteiger charge is 2.09. The molecule has 0 unspecified atom stereocenters. The first-order chi connectivity index (χ1) is 8.16. The molecule has 1 aromatic heterocycles. The molecule has 1 aromatic rings. The summed E-state index contributed by atoms with van der Waals surface area (Å²) < 4.78 is 3.13. The van der Waals surface area contributed by atoms with Gasteiger partial charge in [-0.05, 0) is 30.7 Å². The summed E-state index contributed by atoms with van der Waals surface area (Å²) in [4.78, 5) is 0. The van der Waals surface area contributed by atoms with Crippen LogP contribution in [-0.4, -0.2) is 20.8 Å². The molecule has 0 bridgehead atoms. The number of hydrogen-bond donors (Lipinski definition) is 1. The van der Waals surface area contributed by atoms with Gasteiger partial charge in [-0.15, -0.1) is 0 Å². The Bertz CT molecular complexity index is 339. The maximum absolute atomic E-state index is 6.17. The van der Waals surface area contributed by atoms with Gasteiger partial charge in [0.05, 0.1) is 16.4 Å². The number of unbranched alkanes of at least 4 members (excludes halogenated alkanes) is 3. The van der Waals surface area contributed by atoms with Crippen LogP contribution < -0.4 is 5.32 Å². The Hall–Kier alpha value is 0.190. The van der Waals surface area contributed by atoms with Crippen LogP contribution in [0.1, 0.15) is 37.1 Å². The Labute approximate surface area is 122 Å². The van der Waals surface area contributed by atoms with Crippen molar-refractivity contribution in [1.82, 2.24) is 15.1 Å². The molecule has 0 aliphatic carbocycles. The molecule has 0 aromatic carbocycles.